The summed E-state index contributed by atoms with van der Waals surface area (Å²) in [6.45, 7) is 4.13. The topological polar surface area (TPSA) is 45.6 Å². The lowest BCUT2D eigenvalue weighted by Gasteiger charge is -2.16. The van der Waals surface area contributed by atoms with E-state index in [1.54, 1.807) is 7.11 Å². The summed E-state index contributed by atoms with van der Waals surface area (Å²) in [6.07, 6.45) is 3.08. The van der Waals surface area contributed by atoms with Gasteiger partial charge in [0.1, 0.15) is 5.75 Å². The first kappa shape index (κ1) is 14.9. The Morgan fingerprint density at radius 1 is 1.28 bits per heavy atom. The summed E-state index contributed by atoms with van der Waals surface area (Å²) in [5.74, 6) is 0.867. The van der Waals surface area contributed by atoms with Crippen molar-refractivity contribution in [2.24, 2.45) is 0 Å². The third kappa shape index (κ3) is 5.47. The third-order valence-corrected chi connectivity index (χ3v) is 2.85. The molecule has 4 heteroatoms. The zero-order chi connectivity index (χ0) is 13.4. The van der Waals surface area contributed by atoms with Crippen LogP contribution in [0.2, 0.25) is 0 Å². The van der Waals surface area contributed by atoms with Crippen molar-refractivity contribution in [3.05, 3.63) is 23.5 Å². The summed E-state index contributed by atoms with van der Waals surface area (Å²) in [4.78, 5) is 6.75. The van der Waals surface area contributed by atoms with Crippen LogP contribution in [0.25, 0.3) is 0 Å². The number of rotatable bonds is 8. The number of aliphatic hydroxyl groups is 1. The van der Waals surface area contributed by atoms with Crippen LogP contribution < -0.4 is 4.74 Å². The molecule has 102 valence electrons. The molecule has 1 rings (SSSR count). The van der Waals surface area contributed by atoms with Crippen LogP contribution in [0.5, 0.6) is 5.75 Å². The van der Waals surface area contributed by atoms with Gasteiger partial charge in [0.2, 0.25) is 0 Å². The molecule has 0 aliphatic rings. The molecule has 0 aliphatic heterocycles. The van der Waals surface area contributed by atoms with E-state index in [0.717, 1.165) is 49.5 Å². The highest BCUT2D eigenvalue weighted by Crippen LogP contribution is 2.14. The summed E-state index contributed by atoms with van der Waals surface area (Å²) >= 11 is 0. The number of hydrogen-bond acceptors (Lipinski definition) is 4. The zero-order valence-electron chi connectivity index (χ0n) is 11.6. The van der Waals surface area contributed by atoms with Crippen molar-refractivity contribution in [1.29, 1.82) is 0 Å². The quantitative estimate of drug-likeness (QED) is 0.719. The largest absolute Gasteiger partial charge is 0.497 e. The van der Waals surface area contributed by atoms with Gasteiger partial charge in [-0.2, -0.15) is 0 Å². The highest BCUT2D eigenvalue weighted by Gasteiger charge is 2.04. The summed E-state index contributed by atoms with van der Waals surface area (Å²) in [7, 11) is 3.77. The first-order valence-corrected chi connectivity index (χ1v) is 6.46. The van der Waals surface area contributed by atoms with Crippen molar-refractivity contribution in [3.8, 4) is 5.75 Å². The van der Waals surface area contributed by atoms with Gasteiger partial charge in [-0.3, -0.25) is 4.98 Å². The standard InChI is InChI=1S/C14H24N2O2/c1-12-9-14(18-3)10-13(15-12)11-16(2)7-5-4-6-8-17/h9-10,17H,4-8,11H2,1-3H3. The summed E-state index contributed by atoms with van der Waals surface area (Å²) < 4.78 is 5.24. The van der Waals surface area contributed by atoms with Gasteiger partial charge in [0.15, 0.2) is 0 Å². The van der Waals surface area contributed by atoms with E-state index in [9.17, 15) is 0 Å². The van der Waals surface area contributed by atoms with Crippen molar-refractivity contribution in [2.75, 3.05) is 27.3 Å². The maximum Gasteiger partial charge on any atom is 0.122 e. The number of pyridine rings is 1. The van der Waals surface area contributed by atoms with Gasteiger partial charge >= 0.3 is 0 Å². The predicted octanol–water partition coefficient (Wildman–Crippen LogP) is 1.99. The molecule has 0 atom stereocenters. The molecule has 0 aromatic carbocycles. The lowest BCUT2D eigenvalue weighted by molar-refractivity contribution is 0.270. The maximum absolute atomic E-state index is 8.72. The van der Waals surface area contributed by atoms with Gasteiger partial charge < -0.3 is 14.7 Å². The molecule has 0 unspecified atom stereocenters. The Morgan fingerprint density at radius 2 is 2.06 bits per heavy atom. The molecule has 0 radical (unpaired) electrons. The summed E-state index contributed by atoms with van der Waals surface area (Å²) in [5.41, 5.74) is 2.02. The second-order valence-corrected chi connectivity index (χ2v) is 4.66. The van der Waals surface area contributed by atoms with E-state index in [2.05, 4.69) is 16.9 Å². The molecule has 1 heterocycles. The van der Waals surface area contributed by atoms with E-state index in [-0.39, 0.29) is 0 Å². The van der Waals surface area contributed by atoms with Crippen LogP contribution in [0.15, 0.2) is 12.1 Å². The number of nitrogens with zero attached hydrogens (tertiary/aromatic N) is 2. The van der Waals surface area contributed by atoms with Crippen LogP contribution in [0.4, 0.5) is 0 Å². The second kappa shape index (κ2) is 8.06. The molecule has 4 nitrogen and oxygen atoms in total. The minimum Gasteiger partial charge on any atom is -0.497 e. The second-order valence-electron chi connectivity index (χ2n) is 4.66. The lowest BCUT2D eigenvalue weighted by Crippen LogP contribution is -2.20. The maximum atomic E-state index is 8.72. The fourth-order valence-corrected chi connectivity index (χ4v) is 1.93. The van der Waals surface area contributed by atoms with Crippen LogP contribution in [0, 0.1) is 6.92 Å². The molecule has 0 saturated carbocycles. The molecule has 0 fully saturated rings. The Balaban J connectivity index is 2.43. The lowest BCUT2D eigenvalue weighted by atomic mass is 10.2. The van der Waals surface area contributed by atoms with E-state index in [1.807, 2.05) is 19.1 Å². The van der Waals surface area contributed by atoms with E-state index in [4.69, 9.17) is 9.84 Å². The Hall–Kier alpha value is -1.13. The molecule has 0 saturated heterocycles. The van der Waals surface area contributed by atoms with Crippen LogP contribution in [-0.4, -0.2) is 42.3 Å². The third-order valence-electron chi connectivity index (χ3n) is 2.85. The van der Waals surface area contributed by atoms with E-state index >= 15 is 0 Å². The molecule has 0 spiro atoms. The van der Waals surface area contributed by atoms with Crippen LogP contribution in [-0.2, 0) is 6.54 Å². The zero-order valence-corrected chi connectivity index (χ0v) is 11.6. The van der Waals surface area contributed by atoms with E-state index < -0.39 is 0 Å². The Bertz CT molecular complexity index is 356. The number of aromatic nitrogens is 1. The monoisotopic (exact) mass is 252 g/mol. The number of hydrogen-bond donors (Lipinski definition) is 1. The van der Waals surface area contributed by atoms with Crippen molar-refractivity contribution < 1.29 is 9.84 Å². The average Bonchev–Trinajstić information content (AvgIpc) is 2.34. The number of ether oxygens (including phenoxy) is 1. The number of methoxy groups -OCH3 is 1. The Morgan fingerprint density at radius 3 is 2.72 bits per heavy atom. The molecule has 1 N–H and O–H groups in total. The smallest absolute Gasteiger partial charge is 0.122 e. The first-order valence-electron chi connectivity index (χ1n) is 6.46. The van der Waals surface area contributed by atoms with Crippen LogP contribution >= 0.6 is 0 Å². The number of unbranched alkanes of at least 4 members (excludes halogenated alkanes) is 2. The van der Waals surface area contributed by atoms with Gasteiger partial charge in [0.05, 0.1) is 12.8 Å². The van der Waals surface area contributed by atoms with Crippen molar-refractivity contribution in [2.45, 2.75) is 32.7 Å². The Labute approximate surface area is 110 Å². The fourth-order valence-electron chi connectivity index (χ4n) is 1.93. The van der Waals surface area contributed by atoms with Crippen LogP contribution in [0.1, 0.15) is 30.7 Å². The molecule has 18 heavy (non-hydrogen) atoms. The average molecular weight is 252 g/mol. The van der Waals surface area contributed by atoms with Crippen molar-refractivity contribution >= 4 is 0 Å². The molecular formula is C14H24N2O2. The SMILES string of the molecule is COc1cc(C)nc(CN(C)CCCCCO)c1. The minimum absolute atomic E-state index is 0.292. The predicted molar refractivity (Wildman–Crippen MR) is 72.8 cm³/mol. The van der Waals surface area contributed by atoms with E-state index in [1.165, 1.54) is 0 Å². The van der Waals surface area contributed by atoms with Gasteiger partial charge in [0, 0.05) is 31.0 Å². The number of aryl methyl sites for hydroxylation is 1. The van der Waals surface area contributed by atoms with Gasteiger partial charge in [-0.25, -0.2) is 0 Å². The van der Waals surface area contributed by atoms with Crippen LogP contribution in [0.3, 0.4) is 0 Å². The highest BCUT2D eigenvalue weighted by molar-refractivity contribution is 5.26. The molecule has 1 aromatic heterocycles. The summed E-state index contributed by atoms with van der Waals surface area (Å²) in [6, 6.07) is 3.92. The first-order chi connectivity index (χ1) is 8.65. The normalized spacial score (nSPS) is 10.9. The molecule has 0 bridgehead atoms. The van der Waals surface area contributed by atoms with Crippen molar-refractivity contribution in [1.82, 2.24) is 9.88 Å². The Kier molecular flexibility index (Phi) is 6.68. The van der Waals surface area contributed by atoms with Gasteiger partial charge in [-0.15, -0.1) is 0 Å². The molecule has 1 aromatic rings. The fraction of sp³-hybridized carbons (Fsp3) is 0.643. The number of aliphatic hydroxyl groups excluding tert-OH is 1. The van der Waals surface area contributed by atoms with Gasteiger partial charge in [-0.1, -0.05) is 0 Å². The molecule has 0 aliphatic carbocycles. The van der Waals surface area contributed by atoms with E-state index in [0.29, 0.717) is 6.61 Å². The highest BCUT2D eigenvalue weighted by atomic mass is 16.5. The summed E-state index contributed by atoms with van der Waals surface area (Å²) in [5, 5.41) is 8.72. The van der Waals surface area contributed by atoms with Crippen molar-refractivity contribution in [3.63, 3.8) is 0 Å². The van der Waals surface area contributed by atoms with Gasteiger partial charge in [0.25, 0.3) is 0 Å². The minimum atomic E-state index is 0.292. The molecule has 0 amide bonds. The molecular weight excluding hydrogens is 228 g/mol. The van der Waals surface area contributed by atoms with Gasteiger partial charge in [-0.05, 0) is 39.8 Å².